The predicted octanol–water partition coefficient (Wildman–Crippen LogP) is 3.00. The van der Waals surface area contributed by atoms with Crippen LogP contribution in [0, 0.1) is 0 Å². The fraction of sp³-hybridized carbons (Fsp3) is 0.381. The maximum Gasteiger partial charge on any atom is 0.223 e. The SMILES string of the molecule is O=C(C[C@H](c1ccccc1)c1ccc(Cl)cc1)N1CCN(CCO)CC1. The molecule has 0 spiro atoms. The fourth-order valence-electron chi connectivity index (χ4n) is 3.47. The van der Waals surface area contributed by atoms with Crippen LogP contribution in [0.1, 0.15) is 23.5 Å². The van der Waals surface area contributed by atoms with Crippen molar-refractivity contribution in [3.8, 4) is 0 Å². The highest BCUT2D eigenvalue weighted by molar-refractivity contribution is 6.30. The third kappa shape index (κ3) is 4.85. The molecule has 4 nitrogen and oxygen atoms in total. The van der Waals surface area contributed by atoms with Gasteiger partial charge in [-0.15, -0.1) is 0 Å². The number of hydrogen-bond donors (Lipinski definition) is 1. The summed E-state index contributed by atoms with van der Waals surface area (Å²) in [6.45, 7) is 3.94. The average molecular weight is 373 g/mol. The Bertz CT molecular complexity index is 698. The van der Waals surface area contributed by atoms with Crippen LogP contribution in [-0.2, 0) is 4.79 Å². The Balaban J connectivity index is 1.72. The molecule has 1 aliphatic heterocycles. The molecule has 0 bridgehead atoms. The Morgan fingerprint density at radius 1 is 0.962 bits per heavy atom. The van der Waals surface area contributed by atoms with Crippen LogP contribution in [-0.4, -0.2) is 60.1 Å². The van der Waals surface area contributed by atoms with Crippen molar-refractivity contribution in [2.75, 3.05) is 39.3 Å². The van der Waals surface area contributed by atoms with Gasteiger partial charge in [0.25, 0.3) is 0 Å². The molecule has 2 aromatic carbocycles. The number of halogens is 1. The molecule has 138 valence electrons. The van der Waals surface area contributed by atoms with E-state index in [9.17, 15) is 4.79 Å². The average Bonchev–Trinajstić information content (AvgIpc) is 2.68. The number of aliphatic hydroxyl groups excluding tert-OH is 1. The summed E-state index contributed by atoms with van der Waals surface area (Å²) in [6, 6.07) is 17.9. The van der Waals surface area contributed by atoms with Gasteiger partial charge in [-0.25, -0.2) is 0 Å². The number of carbonyl (C=O) groups excluding carboxylic acids is 1. The molecular formula is C21H25ClN2O2. The van der Waals surface area contributed by atoms with E-state index in [0.717, 1.165) is 37.3 Å². The molecular weight excluding hydrogens is 348 g/mol. The summed E-state index contributed by atoms with van der Waals surface area (Å²) in [4.78, 5) is 17.1. The highest BCUT2D eigenvalue weighted by atomic mass is 35.5. The van der Waals surface area contributed by atoms with Gasteiger partial charge in [-0.05, 0) is 23.3 Å². The van der Waals surface area contributed by atoms with Gasteiger partial charge in [0, 0.05) is 50.1 Å². The number of hydrogen-bond acceptors (Lipinski definition) is 3. The Morgan fingerprint density at radius 3 is 2.19 bits per heavy atom. The van der Waals surface area contributed by atoms with Crippen LogP contribution in [0.5, 0.6) is 0 Å². The molecule has 1 heterocycles. The number of piperazine rings is 1. The molecule has 1 saturated heterocycles. The van der Waals surface area contributed by atoms with E-state index in [-0.39, 0.29) is 18.4 Å². The second-order valence-electron chi connectivity index (χ2n) is 6.66. The normalized spacial score (nSPS) is 16.5. The molecule has 1 N–H and O–H groups in total. The molecule has 0 aromatic heterocycles. The third-order valence-corrected chi connectivity index (χ3v) is 5.25. The maximum atomic E-state index is 12.9. The molecule has 1 amide bonds. The smallest absolute Gasteiger partial charge is 0.223 e. The topological polar surface area (TPSA) is 43.8 Å². The van der Waals surface area contributed by atoms with Crippen LogP contribution in [0.4, 0.5) is 0 Å². The molecule has 1 aliphatic rings. The van der Waals surface area contributed by atoms with Crippen molar-refractivity contribution < 1.29 is 9.90 Å². The summed E-state index contributed by atoms with van der Waals surface area (Å²) in [7, 11) is 0. The molecule has 2 aromatic rings. The van der Waals surface area contributed by atoms with E-state index in [0.29, 0.717) is 18.0 Å². The van der Waals surface area contributed by atoms with E-state index in [4.69, 9.17) is 16.7 Å². The molecule has 5 heteroatoms. The maximum absolute atomic E-state index is 12.9. The van der Waals surface area contributed by atoms with Gasteiger partial charge in [-0.1, -0.05) is 54.1 Å². The first kappa shape index (κ1) is 18.9. The summed E-state index contributed by atoms with van der Waals surface area (Å²) < 4.78 is 0. The van der Waals surface area contributed by atoms with Crippen LogP contribution in [0.2, 0.25) is 5.02 Å². The molecule has 0 radical (unpaired) electrons. The molecule has 1 atom stereocenters. The fourth-order valence-corrected chi connectivity index (χ4v) is 3.60. The summed E-state index contributed by atoms with van der Waals surface area (Å²) in [5.74, 6) is 0.203. The largest absolute Gasteiger partial charge is 0.395 e. The Labute approximate surface area is 160 Å². The monoisotopic (exact) mass is 372 g/mol. The first-order chi connectivity index (χ1) is 12.7. The zero-order valence-corrected chi connectivity index (χ0v) is 15.6. The van der Waals surface area contributed by atoms with Gasteiger partial charge in [0.15, 0.2) is 0 Å². The summed E-state index contributed by atoms with van der Waals surface area (Å²) in [5, 5.41) is 9.75. The molecule has 1 fully saturated rings. The van der Waals surface area contributed by atoms with E-state index in [1.807, 2.05) is 47.4 Å². The molecule has 0 saturated carbocycles. The quantitative estimate of drug-likeness (QED) is 0.847. The highest BCUT2D eigenvalue weighted by Crippen LogP contribution is 2.29. The van der Waals surface area contributed by atoms with Crippen LogP contribution >= 0.6 is 11.6 Å². The molecule has 3 rings (SSSR count). The van der Waals surface area contributed by atoms with Gasteiger partial charge in [0.1, 0.15) is 0 Å². The number of benzene rings is 2. The predicted molar refractivity (Wildman–Crippen MR) is 104 cm³/mol. The Hall–Kier alpha value is -1.88. The van der Waals surface area contributed by atoms with Gasteiger partial charge < -0.3 is 10.0 Å². The number of carbonyl (C=O) groups is 1. The number of aliphatic hydroxyl groups is 1. The lowest BCUT2D eigenvalue weighted by molar-refractivity contribution is -0.133. The van der Waals surface area contributed by atoms with E-state index in [1.54, 1.807) is 0 Å². The number of rotatable bonds is 6. The lowest BCUT2D eigenvalue weighted by atomic mass is 9.88. The van der Waals surface area contributed by atoms with Crippen molar-refractivity contribution in [3.63, 3.8) is 0 Å². The number of amides is 1. The highest BCUT2D eigenvalue weighted by Gasteiger charge is 2.25. The van der Waals surface area contributed by atoms with Crippen molar-refractivity contribution in [3.05, 3.63) is 70.7 Å². The number of β-amino-alcohol motifs (C(OH)–C–C–N with tert-alkyl or cyclic N) is 1. The Kier molecular flexibility index (Phi) is 6.67. The zero-order chi connectivity index (χ0) is 18.4. The van der Waals surface area contributed by atoms with Crippen LogP contribution in [0.25, 0.3) is 0 Å². The van der Waals surface area contributed by atoms with Crippen molar-refractivity contribution in [2.45, 2.75) is 12.3 Å². The minimum atomic E-state index is 0.0245. The zero-order valence-electron chi connectivity index (χ0n) is 14.9. The summed E-state index contributed by atoms with van der Waals surface area (Å²) in [5.41, 5.74) is 2.25. The lowest BCUT2D eigenvalue weighted by Crippen LogP contribution is -2.49. The van der Waals surface area contributed by atoms with Crippen LogP contribution in [0.15, 0.2) is 54.6 Å². The van der Waals surface area contributed by atoms with E-state index in [2.05, 4.69) is 17.0 Å². The van der Waals surface area contributed by atoms with E-state index < -0.39 is 0 Å². The minimum Gasteiger partial charge on any atom is -0.395 e. The lowest BCUT2D eigenvalue weighted by Gasteiger charge is -2.35. The van der Waals surface area contributed by atoms with Gasteiger partial charge in [-0.3, -0.25) is 9.69 Å². The third-order valence-electron chi connectivity index (χ3n) is 4.99. The van der Waals surface area contributed by atoms with Gasteiger partial charge in [0.05, 0.1) is 6.61 Å². The first-order valence-electron chi connectivity index (χ1n) is 9.09. The molecule has 0 aliphatic carbocycles. The van der Waals surface area contributed by atoms with Gasteiger partial charge in [0.2, 0.25) is 5.91 Å². The first-order valence-corrected chi connectivity index (χ1v) is 9.46. The van der Waals surface area contributed by atoms with E-state index >= 15 is 0 Å². The minimum absolute atomic E-state index is 0.0245. The summed E-state index contributed by atoms with van der Waals surface area (Å²) >= 11 is 6.03. The standard InChI is InChI=1S/C21H25ClN2O2/c22-19-8-6-18(7-9-19)20(17-4-2-1-3-5-17)16-21(26)24-12-10-23(11-13-24)14-15-25/h1-9,20,25H,10-16H2/t20-/m1/s1. The molecule has 26 heavy (non-hydrogen) atoms. The van der Waals surface area contributed by atoms with Gasteiger partial charge in [-0.2, -0.15) is 0 Å². The second kappa shape index (κ2) is 9.17. The van der Waals surface area contributed by atoms with Crippen molar-refractivity contribution in [2.24, 2.45) is 0 Å². The molecule has 0 unspecified atom stereocenters. The Morgan fingerprint density at radius 2 is 1.58 bits per heavy atom. The van der Waals surface area contributed by atoms with Crippen molar-refractivity contribution in [1.29, 1.82) is 0 Å². The van der Waals surface area contributed by atoms with Crippen LogP contribution < -0.4 is 0 Å². The van der Waals surface area contributed by atoms with Crippen molar-refractivity contribution in [1.82, 2.24) is 9.80 Å². The number of nitrogens with zero attached hydrogens (tertiary/aromatic N) is 2. The summed E-state index contributed by atoms with van der Waals surface area (Å²) in [6.07, 6.45) is 0.450. The van der Waals surface area contributed by atoms with Gasteiger partial charge >= 0.3 is 0 Å². The second-order valence-corrected chi connectivity index (χ2v) is 7.10. The van der Waals surface area contributed by atoms with E-state index in [1.165, 1.54) is 0 Å². The van der Waals surface area contributed by atoms with Crippen molar-refractivity contribution >= 4 is 17.5 Å². The van der Waals surface area contributed by atoms with Crippen LogP contribution in [0.3, 0.4) is 0 Å².